The molecule has 0 aromatic heterocycles. The molecule has 12 rings (SSSR count). The van der Waals surface area contributed by atoms with Gasteiger partial charge in [0.1, 0.15) is 18.1 Å². The number of benzene rings is 12. The minimum absolute atomic E-state index is 0.0293. The van der Waals surface area contributed by atoms with Crippen LogP contribution in [0.4, 0.5) is 0 Å². The van der Waals surface area contributed by atoms with Gasteiger partial charge in [-0.15, -0.1) is 47.0 Å². The van der Waals surface area contributed by atoms with Crippen molar-refractivity contribution in [1.29, 1.82) is 0 Å². The molecule has 1 unspecified atom stereocenters. The number of ether oxygens (including phenoxy) is 4. The number of carbonyl (C=O) groups excluding carboxylic acids is 7. The molecule has 0 radical (unpaired) electrons. The fourth-order valence-electron chi connectivity index (χ4n) is 17.6. The van der Waals surface area contributed by atoms with Crippen LogP contribution < -0.4 is 37.2 Å². The third kappa shape index (κ3) is 32.3. The molecule has 0 aliphatic rings. The van der Waals surface area contributed by atoms with E-state index < -0.39 is 60.8 Å². The minimum Gasteiger partial charge on any atom is -0.481 e. The van der Waals surface area contributed by atoms with Gasteiger partial charge in [0.15, 0.2) is 0 Å². The van der Waals surface area contributed by atoms with E-state index in [0.29, 0.717) is 74.6 Å². The summed E-state index contributed by atoms with van der Waals surface area (Å²) in [5.41, 5.74) is 12.8. The van der Waals surface area contributed by atoms with Gasteiger partial charge < -0.3 is 61.3 Å². The van der Waals surface area contributed by atoms with Gasteiger partial charge in [0, 0.05) is 74.9 Å². The minimum atomic E-state index is -1.13. The van der Waals surface area contributed by atoms with Crippen molar-refractivity contribution in [2.45, 2.75) is 127 Å². The predicted octanol–water partition coefficient (Wildman–Crippen LogP) is 19.4. The molecule has 0 saturated carbocycles. The van der Waals surface area contributed by atoms with Crippen LogP contribution in [-0.2, 0) is 76.3 Å². The summed E-state index contributed by atoms with van der Waals surface area (Å²) in [4.78, 5) is 113. The number of aliphatic carboxylic acids is 1. The number of nitrogens with one attached hydrogen (secondary N) is 7. The molecule has 20 nitrogen and oxygen atoms in total. The largest absolute Gasteiger partial charge is 0.481 e. The Balaban J connectivity index is 0.725. The molecule has 3 atom stereocenters. The number of rotatable bonds is 64. The van der Waals surface area contributed by atoms with Crippen LogP contribution in [0.1, 0.15) is 157 Å². The number of carboxylic acids is 1. The molecule has 12 aromatic rings. The molecule has 0 bridgehead atoms. The number of carbonyl (C=O) groups is 8. The number of hydrogen-bond acceptors (Lipinski definition) is 16. The first-order valence-electron chi connectivity index (χ1n) is 49.0. The molecule has 7 amide bonds. The highest BCUT2D eigenvalue weighted by molar-refractivity contribution is 8.01. The number of amides is 7. The molecule has 0 aliphatic carbocycles. The summed E-state index contributed by atoms with van der Waals surface area (Å²) in [6.07, 6.45) is 3.66. The third-order valence-corrected chi connectivity index (χ3v) is 30.7. The monoisotopic (exact) mass is 1970 g/mol. The quantitative estimate of drug-likeness (QED) is 0.0130. The molecule has 0 heterocycles. The number of carboxylic acid groups (broad SMARTS) is 1. The van der Waals surface area contributed by atoms with Crippen molar-refractivity contribution in [2.75, 3.05) is 102 Å². The van der Waals surface area contributed by atoms with Crippen LogP contribution in [0.15, 0.2) is 364 Å². The van der Waals surface area contributed by atoms with E-state index in [9.17, 15) is 33.6 Å². The Morgan fingerprint density at radius 2 is 0.418 bits per heavy atom. The fraction of sp³-hybridized carbons (Fsp3) is 0.316. The lowest BCUT2D eigenvalue weighted by Gasteiger charge is -2.35. The SMILES string of the molecule is O=C(O)CCOCCOCCOCCOCCNC(=O)[C@H](CCCCNC(=O)[C@H](CCCCNC(=O)CCSC(c1ccccc1)(c1ccccc1)c1ccccc1)NC(=O)CCSC(c1ccccc1)(c1ccccc1)c1ccccc1)NC(=O)C(CCCCNC(=O)CCSC(c1ccccc1)(c1ccccc1)c1ccccc1)NC(=O)CCSC(c1ccccc1)(c1ccccc1)c1ccccc1. The van der Waals surface area contributed by atoms with Crippen molar-refractivity contribution in [1.82, 2.24) is 37.2 Å². The van der Waals surface area contributed by atoms with E-state index >= 15 is 4.79 Å². The van der Waals surface area contributed by atoms with Crippen molar-refractivity contribution in [2.24, 2.45) is 0 Å². The van der Waals surface area contributed by atoms with Crippen molar-refractivity contribution >= 4 is 94.4 Å². The number of hydrogen-bond donors (Lipinski definition) is 8. The van der Waals surface area contributed by atoms with Gasteiger partial charge in [0.2, 0.25) is 41.4 Å². The van der Waals surface area contributed by atoms with Crippen LogP contribution in [0.5, 0.6) is 0 Å². The maximum atomic E-state index is 15.3. The topological polar surface area (TPSA) is 278 Å². The summed E-state index contributed by atoms with van der Waals surface area (Å²) >= 11 is 6.72. The van der Waals surface area contributed by atoms with Crippen LogP contribution >= 0.6 is 47.0 Å². The maximum absolute atomic E-state index is 15.3. The van der Waals surface area contributed by atoms with Crippen LogP contribution in [0.3, 0.4) is 0 Å². The molecule has 8 N–H and O–H groups in total. The van der Waals surface area contributed by atoms with E-state index in [-0.39, 0.29) is 141 Å². The van der Waals surface area contributed by atoms with Gasteiger partial charge in [-0.1, -0.05) is 364 Å². The second-order valence-electron chi connectivity index (χ2n) is 34.2. The van der Waals surface area contributed by atoms with Crippen LogP contribution in [-0.4, -0.2) is 173 Å². The Morgan fingerprint density at radius 3 is 0.660 bits per heavy atom. The van der Waals surface area contributed by atoms with Gasteiger partial charge in [-0.2, -0.15) is 0 Å². The second kappa shape index (κ2) is 59.4. The number of thioether (sulfide) groups is 4. The van der Waals surface area contributed by atoms with Gasteiger partial charge in [0.25, 0.3) is 0 Å². The zero-order chi connectivity index (χ0) is 98.5. The lowest BCUT2D eigenvalue weighted by Crippen LogP contribution is -2.54. The Morgan fingerprint density at radius 1 is 0.220 bits per heavy atom. The van der Waals surface area contributed by atoms with Crippen molar-refractivity contribution < 1.29 is 62.4 Å². The van der Waals surface area contributed by atoms with Gasteiger partial charge in [-0.3, -0.25) is 38.4 Å². The first kappa shape index (κ1) is 107. The van der Waals surface area contributed by atoms with E-state index in [4.69, 9.17) is 24.1 Å². The molecule has 0 saturated heterocycles. The molecular formula is C117H131N7O13S4. The lowest BCUT2D eigenvalue weighted by molar-refractivity contribution is -0.138. The van der Waals surface area contributed by atoms with Gasteiger partial charge in [-0.25, -0.2) is 0 Å². The first-order valence-corrected chi connectivity index (χ1v) is 52.9. The lowest BCUT2D eigenvalue weighted by atomic mass is 9.84. The van der Waals surface area contributed by atoms with E-state index in [2.05, 4.69) is 183 Å². The summed E-state index contributed by atoms with van der Waals surface area (Å²) in [7, 11) is 0. The predicted molar refractivity (Wildman–Crippen MR) is 570 cm³/mol. The van der Waals surface area contributed by atoms with E-state index in [1.165, 1.54) is 0 Å². The maximum Gasteiger partial charge on any atom is 0.305 e. The Hall–Kier alpha value is -12.4. The second-order valence-corrected chi connectivity index (χ2v) is 39.4. The average molecular weight is 1970 g/mol. The zero-order valence-corrected chi connectivity index (χ0v) is 83.3. The highest BCUT2D eigenvalue weighted by Gasteiger charge is 2.42. The standard InChI is InChI=1S/C117H131N7O13S4/c125-106(71-87-138-114(91-43-13-1-14-44-91,92-45-15-2-16-46-92)93-47-17-3-18-48-93)118-75-40-37-67-103(122-108(127)73-89-140-116(97-55-25-7-26-56-97,98-57-27-8-28-58-98)99-59-29-9-30-60-99)111(131)120-77-42-39-68-104(112(132)121-78-80-135-82-84-137-86-85-136-83-81-134-79-70-110(129)130)124-113(133)105(123-109(128)74-90-141-117(100-61-31-10-32-62-100,101-63-33-11-34-64-101)102-65-35-12-36-66-102)69-38-41-76-119-107(126)72-88-139-115(94-49-19-4-20-50-94,95-51-21-5-22-52-95)96-53-23-6-24-54-96/h1-36,43-66,103-105H,37-42,67-90H2,(H,118,125)(H,119,126)(H,120,131)(H,121,132)(H,122,127)(H,123,128)(H,124,133)(H,129,130)/t103-,104-,105?/m0/s1. The molecule has 24 heteroatoms. The van der Waals surface area contributed by atoms with Crippen LogP contribution in [0.2, 0.25) is 0 Å². The molecule has 0 aliphatic heterocycles. The summed E-state index contributed by atoms with van der Waals surface area (Å²) in [6.45, 7) is 2.62. The molecule has 736 valence electrons. The van der Waals surface area contributed by atoms with Gasteiger partial charge >= 0.3 is 5.97 Å². The summed E-state index contributed by atoms with van der Waals surface area (Å²) < 4.78 is 19.8. The van der Waals surface area contributed by atoms with Gasteiger partial charge in [-0.05, 0) is 125 Å². The van der Waals surface area contributed by atoms with Crippen LogP contribution in [0.25, 0.3) is 0 Å². The Kier molecular flexibility index (Phi) is 45.3. The smallest absolute Gasteiger partial charge is 0.305 e. The van der Waals surface area contributed by atoms with Gasteiger partial charge in [0.05, 0.1) is 78.3 Å². The fourth-order valence-corrected chi connectivity index (χ4v) is 23.6. The summed E-state index contributed by atoms with van der Waals surface area (Å²) in [6, 6.07) is 120. The summed E-state index contributed by atoms with van der Waals surface area (Å²) in [5.74, 6) is -1.53. The molecule has 0 fully saturated rings. The van der Waals surface area contributed by atoms with E-state index in [1.54, 1.807) is 47.0 Å². The highest BCUT2D eigenvalue weighted by Crippen LogP contribution is 2.53. The molecule has 141 heavy (non-hydrogen) atoms. The molecule has 12 aromatic carbocycles. The number of unbranched alkanes of at least 4 members (excludes halogenated alkanes) is 3. The zero-order valence-electron chi connectivity index (χ0n) is 80.1. The third-order valence-electron chi connectivity index (χ3n) is 24.5. The molecule has 0 spiro atoms. The highest BCUT2D eigenvalue weighted by atomic mass is 32.2. The summed E-state index contributed by atoms with van der Waals surface area (Å²) in [5, 5.41) is 30.5. The average Bonchev–Trinajstić information content (AvgIpc) is 0.772. The van der Waals surface area contributed by atoms with Crippen LogP contribution in [0, 0.1) is 0 Å². The Labute approximate surface area is 847 Å². The van der Waals surface area contributed by atoms with Crippen molar-refractivity contribution in [3.05, 3.63) is 431 Å². The van der Waals surface area contributed by atoms with E-state index in [0.717, 1.165) is 66.8 Å². The van der Waals surface area contributed by atoms with Crippen molar-refractivity contribution in [3.8, 4) is 0 Å². The Bertz CT molecular complexity index is 5290. The first-order chi connectivity index (χ1) is 69.2. The van der Waals surface area contributed by atoms with Crippen molar-refractivity contribution in [3.63, 3.8) is 0 Å². The molecular weight excluding hydrogens is 1840 g/mol. The normalized spacial score (nSPS) is 12.2. The van der Waals surface area contributed by atoms with E-state index in [1.807, 2.05) is 218 Å².